The summed E-state index contributed by atoms with van der Waals surface area (Å²) < 4.78 is 4.87. The summed E-state index contributed by atoms with van der Waals surface area (Å²) in [5.74, 6) is -0.0817. The van der Waals surface area contributed by atoms with Gasteiger partial charge in [0.05, 0.1) is 12.7 Å². The highest BCUT2D eigenvalue weighted by atomic mass is 16.5. The Morgan fingerprint density at radius 2 is 1.72 bits per heavy atom. The van der Waals surface area contributed by atoms with Crippen LogP contribution in [0.2, 0.25) is 0 Å². The summed E-state index contributed by atoms with van der Waals surface area (Å²) in [6, 6.07) is 6.63. The molecule has 0 spiro atoms. The summed E-state index contributed by atoms with van der Waals surface area (Å²) in [6.07, 6.45) is 0. The largest absolute Gasteiger partial charge is 0.492 e. The van der Waals surface area contributed by atoms with Crippen molar-refractivity contribution < 1.29 is 9.53 Å². The van der Waals surface area contributed by atoms with E-state index in [-0.39, 0.29) is 17.2 Å². The molecule has 0 aromatic heterocycles. The van der Waals surface area contributed by atoms with Gasteiger partial charge in [-0.1, -0.05) is 12.1 Å². The summed E-state index contributed by atoms with van der Waals surface area (Å²) in [5.41, 5.74) is 0.379. The fraction of sp³-hybridized carbons (Fsp3) is 0.154. The first kappa shape index (κ1) is 12.0. The van der Waals surface area contributed by atoms with Crippen molar-refractivity contribution in [3.05, 3.63) is 44.7 Å². The Labute approximate surface area is 103 Å². The van der Waals surface area contributed by atoms with Crippen LogP contribution in [-0.4, -0.2) is 13.0 Å². The van der Waals surface area contributed by atoms with Crippen molar-refractivity contribution >= 4 is 11.6 Å². The van der Waals surface area contributed by atoms with E-state index in [2.05, 4.69) is 5.32 Å². The van der Waals surface area contributed by atoms with Gasteiger partial charge in [-0.25, -0.2) is 0 Å². The number of amides is 1. The summed E-state index contributed by atoms with van der Waals surface area (Å²) in [5, 5.41) is 2.61. The van der Waals surface area contributed by atoms with Crippen molar-refractivity contribution in [2.24, 2.45) is 0 Å². The lowest BCUT2D eigenvalue weighted by Crippen LogP contribution is -2.33. The van der Waals surface area contributed by atoms with Crippen LogP contribution in [0.25, 0.3) is 11.1 Å². The number of nitrogens with one attached hydrogen (secondary N) is 1. The summed E-state index contributed by atoms with van der Waals surface area (Å²) >= 11 is 0. The molecular weight excluding hydrogens is 234 g/mol. The van der Waals surface area contributed by atoms with Gasteiger partial charge >= 0.3 is 0 Å². The Bertz CT molecular complexity index is 663. The molecule has 1 amide bonds. The van der Waals surface area contributed by atoms with E-state index >= 15 is 0 Å². The van der Waals surface area contributed by atoms with E-state index in [1.165, 1.54) is 14.0 Å². The maximum Gasteiger partial charge on any atom is 0.268 e. The molecule has 0 heterocycles. The van der Waals surface area contributed by atoms with Crippen LogP contribution in [0.1, 0.15) is 6.92 Å². The average molecular weight is 245 g/mol. The zero-order valence-electron chi connectivity index (χ0n) is 9.94. The lowest BCUT2D eigenvalue weighted by atomic mass is 10.00. The molecule has 2 rings (SSSR count). The molecule has 5 nitrogen and oxygen atoms in total. The first-order chi connectivity index (χ1) is 8.54. The molecule has 92 valence electrons. The first-order valence-electron chi connectivity index (χ1n) is 5.30. The zero-order valence-corrected chi connectivity index (χ0v) is 9.94. The van der Waals surface area contributed by atoms with Gasteiger partial charge in [0.15, 0.2) is 5.75 Å². The Morgan fingerprint density at radius 3 is 2.22 bits per heavy atom. The van der Waals surface area contributed by atoms with Gasteiger partial charge in [0.25, 0.3) is 5.43 Å². The topological polar surface area (TPSA) is 72.5 Å². The van der Waals surface area contributed by atoms with Crippen molar-refractivity contribution in [2.45, 2.75) is 6.92 Å². The van der Waals surface area contributed by atoms with Gasteiger partial charge in [0, 0.05) is 12.6 Å². The van der Waals surface area contributed by atoms with Crippen molar-refractivity contribution in [1.29, 1.82) is 0 Å². The number of anilines is 1. The van der Waals surface area contributed by atoms with Crippen molar-refractivity contribution in [1.82, 2.24) is 0 Å². The van der Waals surface area contributed by atoms with E-state index in [1.54, 1.807) is 24.3 Å². The summed E-state index contributed by atoms with van der Waals surface area (Å²) in [7, 11) is 1.35. The number of carbonyl (C=O) groups excluding carboxylic acids is 1. The summed E-state index contributed by atoms with van der Waals surface area (Å²) in [4.78, 5) is 33.5. The van der Waals surface area contributed by atoms with Gasteiger partial charge in [0.2, 0.25) is 11.3 Å². The molecular formula is C13H11NO4. The van der Waals surface area contributed by atoms with Gasteiger partial charge in [-0.3, -0.25) is 14.4 Å². The highest BCUT2D eigenvalue weighted by Gasteiger charge is 2.22. The van der Waals surface area contributed by atoms with Crippen LogP contribution in [0.5, 0.6) is 5.75 Å². The van der Waals surface area contributed by atoms with Crippen LogP contribution in [0.15, 0.2) is 33.9 Å². The van der Waals surface area contributed by atoms with Crippen LogP contribution >= 0.6 is 0 Å². The van der Waals surface area contributed by atoms with Gasteiger partial charge < -0.3 is 10.1 Å². The molecule has 0 saturated heterocycles. The minimum Gasteiger partial charge on any atom is -0.492 e. The number of hydrogen-bond acceptors (Lipinski definition) is 4. The molecule has 0 bridgehead atoms. The maximum atomic E-state index is 11.4. The SMILES string of the molecule is COc1c(-c2ccc(NC(C)=O)cc2)c(=O)c1=O. The van der Waals surface area contributed by atoms with E-state index in [4.69, 9.17) is 4.74 Å². The van der Waals surface area contributed by atoms with Gasteiger partial charge in [-0.05, 0) is 17.7 Å². The van der Waals surface area contributed by atoms with E-state index in [1.807, 2.05) is 0 Å². The highest BCUT2D eigenvalue weighted by Crippen LogP contribution is 2.26. The highest BCUT2D eigenvalue weighted by molar-refractivity contribution is 5.89. The lowest BCUT2D eigenvalue weighted by molar-refractivity contribution is -0.114. The normalized spacial score (nSPS) is 10.3. The van der Waals surface area contributed by atoms with Crippen molar-refractivity contribution in [2.75, 3.05) is 12.4 Å². The zero-order chi connectivity index (χ0) is 13.3. The molecule has 1 N–H and O–H groups in total. The van der Waals surface area contributed by atoms with Crippen LogP contribution < -0.4 is 20.9 Å². The van der Waals surface area contributed by atoms with Crippen LogP contribution in [0, 0.1) is 0 Å². The third-order valence-corrected chi connectivity index (χ3v) is 2.56. The number of hydrogen-bond donors (Lipinski definition) is 1. The second-order valence-electron chi connectivity index (χ2n) is 3.83. The Hall–Kier alpha value is -2.43. The molecule has 0 aliphatic heterocycles. The average Bonchev–Trinajstić information content (AvgIpc) is 2.35. The number of rotatable bonds is 3. The molecule has 0 unspecified atom stereocenters. The Morgan fingerprint density at radius 1 is 1.11 bits per heavy atom. The number of carbonyl (C=O) groups is 1. The minimum atomic E-state index is -0.599. The number of benzene rings is 1. The molecule has 18 heavy (non-hydrogen) atoms. The van der Waals surface area contributed by atoms with E-state index < -0.39 is 10.9 Å². The fourth-order valence-corrected chi connectivity index (χ4v) is 1.75. The molecule has 0 atom stereocenters. The molecule has 0 fully saturated rings. The first-order valence-corrected chi connectivity index (χ1v) is 5.30. The molecule has 2 aromatic rings. The van der Waals surface area contributed by atoms with Crippen molar-refractivity contribution in [3.8, 4) is 16.9 Å². The molecule has 0 saturated carbocycles. The lowest BCUT2D eigenvalue weighted by Gasteiger charge is -2.10. The van der Waals surface area contributed by atoms with E-state index in [9.17, 15) is 14.4 Å². The van der Waals surface area contributed by atoms with Crippen molar-refractivity contribution in [3.63, 3.8) is 0 Å². The monoisotopic (exact) mass is 245 g/mol. The Balaban J connectivity index is 2.35. The fourth-order valence-electron chi connectivity index (χ4n) is 1.75. The standard InChI is InChI=1S/C13H11NO4/c1-7(15)14-9-5-3-8(4-6-9)10-11(16)12(17)13(10)18-2/h3-6H,1-2H3,(H,14,15). The smallest absolute Gasteiger partial charge is 0.268 e. The Kier molecular flexibility index (Phi) is 2.97. The minimum absolute atomic E-state index is 0.0901. The molecule has 0 radical (unpaired) electrons. The summed E-state index contributed by atoms with van der Waals surface area (Å²) in [6.45, 7) is 1.41. The maximum absolute atomic E-state index is 11.4. The molecule has 0 aliphatic rings. The molecule has 0 aliphatic carbocycles. The third-order valence-electron chi connectivity index (χ3n) is 2.56. The number of methoxy groups -OCH3 is 1. The van der Waals surface area contributed by atoms with Gasteiger partial charge in [-0.15, -0.1) is 0 Å². The van der Waals surface area contributed by atoms with Gasteiger partial charge in [0.1, 0.15) is 0 Å². The van der Waals surface area contributed by atoms with Crippen LogP contribution in [0.3, 0.4) is 0 Å². The van der Waals surface area contributed by atoms with Crippen LogP contribution in [0.4, 0.5) is 5.69 Å². The third kappa shape index (κ3) is 1.90. The number of ether oxygens (including phenoxy) is 1. The molecule has 5 heteroatoms. The van der Waals surface area contributed by atoms with E-state index in [0.717, 1.165) is 0 Å². The van der Waals surface area contributed by atoms with Gasteiger partial charge in [-0.2, -0.15) is 0 Å². The second-order valence-corrected chi connectivity index (χ2v) is 3.83. The second kappa shape index (κ2) is 4.44. The quantitative estimate of drug-likeness (QED) is 0.816. The van der Waals surface area contributed by atoms with E-state index in [0.29, 0.717) is 11.3 Å². The predicted molar refractivity (Wildman–Crippen MR) is 67.6 cm³/mol. The predicted octanol–water partition coefficient (Wildman–Crippen LogP) is 0.917. The van der Waals surface area contributed by atoms with Crippen LogP contribution in [-0.2, 0) is 4.79 Å². The molecule has 2 aromatic carbocycles.